The molecule has 4 heteroatoms. The van der Waals surface area contributed by atoms with Gasteiger partial charge in [-0.3, -0.25) is 9.79 Å². The highest BCUT2D eigenvalue weighted by molar-refractivity contribution is 6.31. The number of aliphatic imine (C=N–C) groups is 1. The van der Waals surface area contributed by atoms with Crippen LogP contribution in [0.3, 0.4) is 0 Å². The van der Waals surface area contributed by atoms with Gasteiger partial charge in [-0.15, -0.1) is 0 Å². The largest absolute Gasteiger partial charge is 0.313 e. The molecule has 0 saturated heterocycles. The second-order valence-corrected chi connectivity index (χ2v) is 5.92. The molecule has 1 aliphatic rings. The number of allylic oxidation sites excluding steroid dienone is 1. The predicted molar refractivity (Wildman–Crippen MR) is 96.5 cm³/mol. The lowest BCUT2D eigenvalue weighted by atomic mass is 10.0. The molecule has 0 unspecified atom stereocenters. The van der Waals surface area contributed by atoms with Crippen molar-refractivity contribution >= 4 is 35.0 Å². The van der Waals surface area contributed by atoms with Gasteiger partial charge >= 0.3 is 0 Å². The van der Waals surface area contributed by atoms with Crippen LogP contribution in [-0.2, 0) is 4.79 Å². The van der Waals surface area contributed by atoms with Gasteiger partial charge in [0.2, 0.25) is 5.91 Å². The Morgan fingerprint density at radius 2 is 1.96 bits per heavy atom. The molecule has 1 amide bonds. The highest BCUT2D eigenvalue weighted by Gasteiger charge is 2.19. The minimum Gasteiger partial charge on any atom is -0.313 e. The number of amides is 1. The summed E-state index contributed by atoms with van der Waals surface area (Å²) in [5, 5.41) is 0.756. The van der Waals surface area contributed by atoms with Crippen molar-refractivity contribution < 1.29 is 4.79 Å². The number of rotatable bonds is 2. The fourth-order valence-corrected chi connectivity index (χ4v) is 2.67. The van der Waals surface area contributed by atoms with Crippen molar-refractivity contribution in [3.8, 4) is 0 Å². The van der Waals surface area contributed by atoms with E-state index in [9.17, 15) is 4.79 Å². The standard InChI is InChI=1S/C19H17ClN2O/c1-13-11-14(7-9-16(13)20)8-10-17-15-5-3-4-6-18(15)22(2)19(23)12-21-17/h3-11H,12H2,1-2H3/b10-8+. The minimum atomic E-state index is -0.0109. The number of fused-ring (bicyclic) bond motifs is 1. The Morgan fingerprint density at radius 3 is 2.74 bits per heavy atom. The molecule has 0 radical (unpaired) electrons. The first-order valence-corrected chi connectivity index (χ1v) is 7.78. The molecule has 0 bridgehead atoms. The lowest BCUT2D eigenvalue weighted by molar-refractivity contribution is -0.116. The third kappa shape index (κ3) is 3.20. The second-order valence-electron chi connectivity index (χ2n) is 5.51. The molecule has 3 nitrogen and oxygen atoms in total. The van der Waals surface area contributed by atoms with Crippen LogP contribution in [-0.4, -0.2) is 25.2 Å². The SMILES string of the molecule is Cc1cc(/C=C/C2=NCC(=O)N(C)c3ccccc32)ccc1Cl. The number of hydrogen-bond acceptors (Lipinski definition) is 2. The van der Waals surface area contributed by atoms with Gasteiger partial charge in [0.25, 0.3) is 0 Å². The average molecular weight is 325 g/mol. The Labute approximate surface area is 140 Å². The number of hydrogen-bond donors (Lipinski definition) is 0. The van der Waals surface area contributed by atoms with Gasteiger partial charge in [0.1, 0.15) is 6.54 Å². The number of halogens is 1. The van der Waals surface area contributed by atoms with Crippen LogP contribution in [0.1, 0.15) is 16.7 Å². The Balaban J connectivity index is 1.98. The lowest BCUT2D eigenvalue weighted by Crippen LogP contribution is -2.27. The molecule has 2 aromatic rings. The van der Waals surface area contributed by atoms with Crippen LogP contribution in [0.4, 0.5) is 5.69 Å². The highest BCUT2D eigenvalue weighted by Crippen LogP contribution is 2.24. The van der Waals surface area contributed by atoms with Gasteiger partial charge in [0.15, 0.2) is 0 Å². The number of benzene rings is 2. The van der Waals surface area contributed by atoms with Crippen LogP contribution < -0.4 is 4.90 Å². The number of benzodiazepines with no additional fused rings is 1. The molecule has 23 heavy (non-hydrogen) atoms. The summed E-state index contributed by atoms with van der Waals surface area (Å²) in [5.74, 6) is -0.0109. The molecule has 0 aromatic heterocycles. The van der Waals surface area contributed by atoms with Crippen molar-refractivity contribution in [1.82, 2.24) is 0 Å². The van der Waals surface area contributed by atoms with E-state index in [1.54, 1.807) is 11.9 Å². The van der Waals surface area contributed by atoms with Crippen molar-refractivity contribution in [2.75, 3.05) is 18.5 Å². The predicted octanol–water partition coefficient (Wildman–Crippen LogP) is 4.13. The zero-order chi connectivity index (χ0) is 16.4. The first kappa shape index (κ1) is 15.5. The molecule has 0 fully saturated rings. The quantitative estimate of drug-likeness (QED) is 0.817. The van der Waals surface area contributed by atoms with Crippen LogP contribution in [0.15, 0.2) is 53.5 Å². The summed E-state index contributed by atoms with van der Waals surface area (Å²) < 4.78 is 0. The molecule has 0 saturated carbocycles. The molecule has 0 N–H and O–H groups in total. The maximum Gasteiger partial charge on any atom is 0.248 e. The summed E-state index contributed by atoms with van der Waals surface area (Å²) in [6, 6.07) is 13.7. The van der Waals surface area contributed by atoms with Crippen LogP contribution in [0, 0.1) is 6.92 Å². The summed E-state index contributed by atoms with van der Waals surface area (Å²) in [4.78, 5) is 18.2. The third-order valence-corrected chi connectivity index (χ3v) is 4.34. The monoisotopic (exact) mass is 324 g/mol. The molecular formula is C19H17ClN2O. The Kier molecular flexibility index (Phi) is 4.30. The number of anilines is 1. The van der Waals surface area contributed by atoms with E-state index in [0.29, 0.717) is 0 Å². The molecular weight excluding hydrogens is 308 g/mol. The van der Waals surface area contributed by atoms with Crippen LogP contribution >= 0.6 is 11.6 Å². The molecule has 116 valence electrons. The summed E-state index contributed by atoms with van der Waals surface area (Å²) >= 11 is 6.06. The first-order valence-electron chi connectivity index (χ1n) is 7.41. The van der Waals surface area contributed by atoms with E-state index >= 15 is 0 Å². The molecule has 0 atom stereocenters. The molecule has 0 aliphatic carbocycles. The summed E-state index contributed by atoms with van der Waals surface area (Å²) in [6.07, 6.45) is 3.95. The number of carbonyl (C=O) groups excluding carboxylic acids is 1. The van der Waals surface area contributed by atoms with Gasteiger partial charge in [0, 0.05) is 17.6 Å². The topological polar surface area (TPSA) is 32.7 Å². The molecule has 2 aromatic carbocycles. The smallest absolute Gasteiger partial charge is 0.248 e. The molecule has 3 rings (SSSR count). The molecule has 1 heterocycles. The van der Waals surface area contributed by atoms with Crippen LogP contribution in [0.2, 0.25) is 5.02 Å². The zero-order valence-corrected chi connectivity index (χ0v) is 13.8. The number of likely N-dealkylation sites (N-methyl/N-ethyl adjacent to an activating group) is 1. The van der Waals surface area contributed by atoms with E-state index in [2.05, 4.69) is 4.99 Å². The van der Waals surface area contributed by atoms with Crippen molar-refractivity contribution in [3.05, 3.63) is 70.3 Å². The van der Waals surface area contributed by atoms with Gasteiger partial charge in [-0.05, 0) is 36.3 Å². The van der Waals surface area contributed by atoms with Crippen molar-refractivity contribution in [1.29, 1.82) is 0 Å². The van der Waals surface area contributed by atoms with Crippen molar-refractivity contribution in [2.45, 2.75) is 6.92 Å². The highest BCUT2D eigenvalue weighted by atomic mass is 35.5. The van der Waals surface area contributed by atoms with Gasteiger partial charge in [-0.25, -0.2) is 0 Å². The van der Waals surface area contributed by atoms with Gasteiger partial charge in [-0.2, -0.15) is 0 Å². The van der Waals surface area contributed by atoms with Gasteiger partial charge in [0.05, 0.1) is 11.4 Å². The number of para-hydroxylation sites is 1. The Morgan fingerprint density at radius 1 is 1.17 bits per heavy atom. The van der Waals surface area contributed by atoms with E-state index in [1.165, 1.54) is 0 Å². The number of nitrogens with zero attached hydrogens (tertiary/aromatic N) is 2. The third-order valence-electron chi connectivity index (χ3n) is 3.92. The van der Waals surface area contributed by atoms with E-state index < -0.39 is 0 Å². The summed E-state index contributed by atoms with van der Waals surface area (Å²) in [6.45, 7) is 2.14. The minimum absolute atomic E-state index is 0.0109. The second kappa shape index (κ2) is 6.39. The number of aryl methyl sites for hydroxylation is 1. The summed E-state index contributed by atoms with van der Waals surface area (Å²) in [7, 11) is 1.78. The van der Waals surface area contributed by atoms with Gasteiger partial charge < -0.3 is 4.90 Å². The number of carbonyl (C=O) groups is 1. The van der Waals surface area contributed by atoms with Crippen LogP contribution in [0.5, 0.6) is 0 Å². The van der Waals surface area contributed by atoms with Crippen molar-refractivity contribution in [2.24, 2.45) is 4.99 Å². The zero-order valence-electron chi connectivity index (χ0n) is 13.1. The lowest BCUT2D eigenvalue weighted by Gasteiger charge is -2.16. The van der Waals surface area contributed by atoms with Gasteiger partial charge in [-0.1, -0.05) is 48.0 Å². The van der Waals surface area contributed by atoms with E-state index in [0.717, 1.165) is 33.1 Å². The van der Waals surface area contributed by atoms with E-state index in [-0.39, 0.29) is 12.5 Å². The first-order chi connectivity index (χ1) is 11.1. The molecule has 0 spiro atoms. The Hall–Kier alpha value is -2.39. The Bertz CT molecular complexity index is 824. The summed E-state index contributed by atoms with van der Waals surface area (Å²) in [5.41, 5.74) is 4.74. The fraction of sp³-hybridized carbons (Fsp3) is 0.158. The fourth-order valence-electron chi connectivity index (χ4n) is 2.55. The normalized spacial score (nSPS) is 14.7. The van der Waals surface area contributed by atoms with Crippen molar-refractivity contribution in [3.63, 3.8) is 0 Å². The maximum absolute atomic E-state index is 12.1. The van der Waals surface area contributed by atoms with E-state index in [4.69, 9.17) is 11.6 Å². The average Bonchev–Trinajstić information content (AvgIpc) is 2.68. The van der Waals surface area contributed by atoms with E-state index in [1.807, 2.05) is 61.5 Å². The van der Waals surface area contributed by atoms with Crippen LogP contribution in [0.25, 0.3) is 6.08 Å². The molecule has 1 aliphatic heterocycles. The maximum atomic E-state index is 12.1.